The van der Waals surface area contributed by atoms with Crippen LogP contribution in [0, 0.1) is 22.5 Å². The Morgan fingerprint density at radius 2 is 2.14 bits per heavy atom. The van der Waals surface area contributed by atoms with Gasteiger partial charge in [0.05, 0.1) is 17.1 Å². The number of hydrogen-bond acceptors (Lipinski definition) is 5. The van der Waals surface area contributed by atoms with Gasteiger partial charge in [-0.15, -0.1) is 6.42 Å². The smallest absolute Gasteiger partial charge is 0.434 e. The van der Waals surface area contributed by atoms with Crippen LogP contribution in [-0.2, 0) is 4.74 Å². The molecule has 6 heteroatoms. The zero-order valence-corrected chi connectivity index (χ0v) is 11.8. The number of nitrogens with zero attached hydrogens (tertiary/aromatic N) is 1. The van der Waals surface area contributed by atoms with Gasteiger partial charge in [-0.3, -0.25) is 10.1 Å². The van der Waals surface area contributed by atoms with Crippen molar-refractivity contribution in [1.29, 1.82) is 0 Å². The molecule has 0 aromatic heterocycles. The monoisotopic (exact) mass is 291 g/mol. The molecule has 21 heavy (non-hydrogen) atoms. The fourth-order valence-electron chi connectivity index (χ4n) is 1.64. The Bertz CT molecular complexity index is 547. The van der Waals surface area contributed by atoms with Crippen LogP contribution >= 0.6 is 0 Å². The molecule has 0 unspecified atom stereocenters. The van der Waals surface area contributed by atoms with E-state index in [0.29, 0.717) is 0 Å². The highest BCUT2D eigenvalue weighted by Crippen LogP contribution is 2.23. The Labute approximate surface area is 123 Å². The molecule has 0 aliphatic rings. The van der Waals surface area contributed by atoms with Crippen molar-refractivity contribution in [3.05, 3.63) is 33.9 Å². The molecule has 0 aliphatic carbocycles. The van der Waals surface area contributed by atoms with Crippen LogP contribution in [0.2, 0.25) is 0 Å². The number of terminal acetylenes is 1. The van der Waals surface area contributed by atoms with Gasteiger partial charge in [0, 0.05) is 12.1 Å². The van der Waals surface area contributed by atoms with Gasteiger partial charge in [-0.05, 0) is 12.5 Å². The lowest BCUT2D eigenvalue weighted by atomic mass is 10.2. The molecule has 0 saturated heterocycles. The topological polar surface area (TPSA) is 78.7 Å². The lowest BCUT2D eigenvalue weighted by molar-refractivity contribution is -0.384. The number of carbonyl (C=O) groups is 1. The molecule has 1 aromatic carbocycles. The van der Waals surface area contributed by atoms with Crippen LogP contribution in [0.3, 0.4) is 0 Å². The minimum atomic E-state index is -0.864. The standard InChI is InChI=1S/C15H17NO5/c1-3-5-6-7-10-20-15(17)21-14-9-8-13(16(18)19)11-12(14)4-2/h2,8-9,11H,3,5-7,10H2,1H3. The van der Waals surface area contributed by atoms with Gasteiger partial charge in [0.1, 0.15) is 0 Å². The first-order valence-corrected chi connectivity index (χ1v) is 6.68. The molecule has 0 heterocycles. The van der Waals surface area contributed by atoms with E-state index >= 15 is 0 Å². The second kappa shape index (κ2) is 8.59. The van der Waals surface area contributed by atoms with Gasteiger partial charge in [0.15, 0.2) is 5.75 Å². The van der Waals surface area contributed by atoms with Crippen LogP contribution in [0.1, 0.15) is 38.2 Å². The minimum absolute atomic E-state index is 0.0710. The van der Waals surface area contributed by atoms with Crippen LogP contribution in [0.15, 0.2) is 18.2 Å². The molecule has 0 N–H and O–H groups in total. The summed E-state index contributed by atoms with van der Waals surface area (Å²) in [5.74, 6) is 2.31. The zero-order chi connectivity index (χ0) is 15.7. The quantitative estimate of drug-likeness (QED) is 0.191. The average Bonchev–Trinajstić information content (AvgIpc) is 2.47. The van der Waals surface area contributed by atoms with Crippen molar-refractivity contribution in [2.75, 3.05) is 6.61 Å². The molecule has 6 nitrogen and oxygen atoms in total. The van der Waals surface area contributed by atoms with E-state index in [1.807, 2.05) is 0 Å². The largest absolute Gasteiger partial charge is 0.513 e. The minimum Gasteiger partial charge on any atom is -0.434 e. The predicted octanol–water partition coefficient (Wildman–Crippen LogP) is 3.67. The van der Waals surface area contributed by atoms with E-state index in [1.165, 1.54) is 18.2 Å². The molecule has 0 amide bonds. The number of benzene rings is 1. The van der Waals surface area contributed by atoms with Crippen molar-refractivity contribution < 1.29 is 19.2 Å². The average molecular weight is 291 g/mol. The Hall–Kier alpha value is -2.55. The van der Waals surface area contributed by atoms with Gasteiger partial charge >= 0.3 is 6.16 Å². The van der Waals surface area contributed by atoms with Gasteiger partial charge in [-0.2, -0.15) is 0 Å². The summed E-state index contributed by atoms with van der Waals surface area (Å²) in [6.45, 7) is 2.36. The molecular formula is C15H17NO5. The maximum absolute atomic E-state index is 11.5. The lowest BCUT2D eigenvalue weighted by Crippen LogP contribution is -2.12. The number of rotatable bonds is 7. The molecule has 0 aliphatic heterocycles. The van der Waals surface area contributed by atoms with Crippen LogP contribution in [0.25, 0.3) is 0 Å². The summed E-state index contributed by atoms with van der Waals surface area (Å²) in [5.41, 5.74) is -0.0321. The van der Waals surface area contributed by atoms with Gasteiger partial charge in [0.2, 0.25) is 0 Å². The zero-order valence-electron chi connectivity index (χ0n) is 11.8. The van der Waals surface area contributed by atoms with Crippen molar-refractivity contribution in [2.24, 2.45) is 0 Å². The summed E-state index contributed by atoms with van der Waals surface area (Å²) in [7, 11) is 0. The first-order valence-electron chi connectivity index (χ1n) is 6.68. The predicted molar refractivity (Wildman–Crippen MR) is 77.1 cm³/mol. The maximum atomic E-state index is 11.5. The SMILES string of the molecule is C#Cc1cc([N+](=O)[O-])ccc1OC(=O)OCCCCCC. The summed E-state index contributed by atoms with van der Waals surface area (Å²) >= 11 is 0. The number of nitro groups is 1. The molecule has 112 valence electrons. The summed E-state index contributed by atoms with van der Waals surface area (Å²) < 4.78 is 9.86. The van der Waals surface area contributed by atoms with Crippen molar-refractivity contribution >= 4 is 11.8 Å². The van der Waals surface area contributed by atoms with E-state index in [0.717, 1.165) is 25.7 Å². The molecule has 1 rings (SSSR count). The summed E-state index contributed by atoms with van der Waals surface area (Å²) in [5, 5.41) is 10.6. The molecular weight excluding hydrogens is 274 g/mol. The Balaban J connectivity index is 2.56. The fourth-order valence-corrected chi connectivity index (χ4v) is 1.64. The van der Waals surface area contributed by atoms with E-state index in [4.69, 9.17) is 15.9 Å². The summed E-state index contributed by atoms with van der Waals surface area (Å²) in [6, 6.07) is 3.67. The third-order valence-electron chi connectivity index (χ3n) is 2.74. The number of hydrogen-bond donors (Lipinski definition) is 0. The highest BCUT2D eigenvalue weighted by atomic mass is 16.7. The number of carbonyl (C=O) groups excluding carboxylic acids is 1. The van der Waals surface area contributed by atoms with Crippen molar-refractivity contribution in [3.8, 4) is 18.1 Å². The molecule has 0 radical (unpaired) electrons. The van der Waals surface area contributed by atoms with Gasteiger partial charge in [0.25, 0.3) is 5.69 Å². The Morgan fingerprint density at radius 3 is 2.76 bits per heavy atom. The van der Waals surface area contributed by atoms with E-state index in [-0.39, 0.29) is 23.6 Å². The third-order valence-corrected chi connectivity index (χ3v) is 2.74. The van der Waals surface area contributed by atoms with E-state index in [9.17, 15) is 14.9 Å². The summed E-state index contributed by atoms with van der Waals surface area (Å²) in [4.78, 5) is 21.5. The number of nitro benzene ring substituents is 1. The first-order chi connectivity index (χ1) is 10.1. The van der Waals surface area contributed by atoms with Gasteiger partial charge in [-0.25, -0.2) is 4.79 Å². The molecule has 0 saturated carbocycles. The number of non-ortho nitro benzene ring substituents is 1. The first kappa shape index (κ1) is 16.5. The molecule has 0 bridgehead atoms. The van der Waals surface area contributed by atoms with Crippen LogP contribution in [0.5, 0.6) is 5.75 Å². The third kappa shape index (κ3) is 5.53. The highest BCUT2D eigenvalue weighted by Gasteiger charge is 2.14. The number of ether oxygens (including phenoxy) is 2. The van der Waals surface area contributed by atoms with Crippen molar-refractivity contribution in [1.82, 2.24) is 0 Å². The van der Waals surface area contributed by atoms with Gasteiger partial charge < -0.3 is 9.47 Å². The normalized spacial score (nSPS) is 9.71. The van der Waals surface area contributed by atoms with E-state index in [1.54, 1.807) is 0 Å². The summed E-state index contributed by atoms with van der Waals surface area (Å²) in [6.07, 6.45) is 8.32. The van der Waals surface area contributed by atoms with Crippen LogP contribution < -0.4 is 4.74 Å². The second-order valence-electron chi connectivity index (χ2n) is 4.34. The Morgan fingerprint density at radius 1 is 1.38 bits per heavy atom. The van der Waals surface area contributed by atoms with Crippen molar-refractivity contribution in [2.45, 2.75) is 32.6 Å². The lowest BCUT2D eigenvalue weighted by Gasteiger charge is -2.07. The second-order valence-corrected chi connectivity index (χ2v) is 4.34. The van der Waals surface area contributed by atoms with E-state index in [2.05, 4.69) is 12.8 Å². The molecule has 0 spiro atoms. The Kier molecular flexibility index (Phi) is 6.75. The molecule has 0 atom stereocenters. The van der Waals surface area contributed by atoms with Gasteiger partial charge in [-0.1, -0.05) is 32.1 Å². The number of unbranched alkanes of at least 4 members (excludes halogenated alkanes) is 3. The highest BCUT2D eigenvalue weighted by molar-refractivity contribution is 5.66. The maximum Gasteiger partial charge on any atom is 0.513 e. The van der Waals surface area contributed by atoms with E-state index < -0.39 is 11.1 Å². The molecule has 0 fully saturated rings. The van der Waals surface area contributed by atoms with Crippen LogP contribution in [-0.4, -0.2) is 17.7 Å². The van der Waals surface area contributed by atoms with Crippen LogP contribution in [0.4, 0.5) is 10.5 Å². The van der Waals surface area contributed by atoms with Crippen molar-refractivity contribution in [3.63, 3.8) is 0 Å². The fraction of sp³-hybridized carbons (Fsp3) is 0.400. The molecule has 1 aromatic rings.